The molecule has 0 bridgehead atoms. The van der Waals surface area contributed by atoms with Crippen LogP contribution in [0.3, 0.4) is 0 Å². The van der Waals surface area contributed by atoms with Gasteiger partial charge in [-0.05, 0) is 24.0 Å². The molecule has 0 amide bonds. The van der Waals surface area contributed by atoms with Gasteiger partial charge in [-0.25, -0.2) is 9.97 Å². The number of rotatable bonds is 5. The van der Waals surface area contributed by atoms with Crippen LogP contribution in [0.25, 0.3) is 10.2 Å². The number of aromatic nitrogens is 2. The number of anilines is 1. The lowest BCUT2D eigenvalue weighted by molar-refractivity contribution is -0.384. The zero-order valence-electron chi connectivity index (χ0n) is 12.2. The SMILES string of the molecule is CSc1nc2ccc(CNc3nc(Cl)c(Cl)cc3[N+](=O)[O-])cc2s1. The molecule has 1 N–H and O–H groups in total. The second kappa shape index (κ2) is 7.10. The van der Waals surface area contributed by atoms with E-state index in [2.05, 4.69) is 15.3 Å². The minimum atomic E-state index is -0.547. The average Bonchev–Trinajstić information content (AvgIpc) is 2.97. The lowest BCUT2D eigenvalue weighted by Crippen LogP contribution is -2.05. The Hall–Kier alpha value is -1.61. The van der Waals surface area contributed by atoms with Crippen LogP contribution in [-0.4, -0.2) is 21.1 Å². The summed E-state index contributed by atoms with van der Waals surface area (Å²) in [6.07, 6.45) is 1.98. The predicted molar refractivity (Wildman–Crippen MR) is 99.6 cm³/mol. The summed E-state index contributed by atoms with van der Waals surface area (Å²) in [5, 5.41) is 14.1. The molecule has 6 nitrogen and oxygen atoms in total. The van der Waals surface area contributed by atoms with E-state index in [1.807, 2.05) is 24.5 Å². The first kappa shape index (κ1) is 17.2. The molecule has 0 saturated heterocycles. The topological polar surface area (TPSA) is 81.0 Å². The first-order valence-electron chi connectivity index (χ1n) is 6.65. The van der Waals surface area contributed by atoms with Crippen molar-refractivity contribution in [1.29, 1.82) is 0 Å². The zero-order valence-corrected chi connectivity index (χ0v) is 15.4. The number of hydrogen-bond donors (Lipinski definition) is 1. The van der Waals surface area contributed by atoms with Crippen molar-refractivity contribution in [3.05, 3.63) is 50.1 Å². The second-order valence-corrected chi connectivity index (χ2v) is 7.57. The molecule has 0 radical (unpaired) electrons. The number of benzene rings is 1. The third kappa shape index (κ3) is 3.56. The molecule has 0 saturated carbocycles. The van der Waals surface area contributed by atoms with Gasteiger partial charge in [-0.15, -0.1) is 11.3 Å². The van der Waals surface area contributed by atoms with Gasteiger partial charge in [-0.1, -0.05) is 41.0 Å². The molecule has 0 fully saturated rings. The van der Waals surface area contributed by atoms with E-state index in [0.717, 1.165) is 20.1 Å². The maximum absolute atomic E-state index is 11.1. The van der Waals surface area contributed by atoms with E-state index in [1.165, 1.54) is 6.07 Å². The van der Waals surface area contributed by atoms with Gasteiger partial charge in [0.15, 0.2) is 9.49 Å². The van der Waals surface area contributed by atoms with Crippen molar-refractivity contribution in [2.75, 3.05) is 11.6 Å². The van der Waals surface area contributed by atoms with Crippen molar-refractivity contribution >= 4 is 68.0 Å². The Bertz CT molecular complexity index is 933. The van der Waals surface area contributed by atoms with Crippen LogP contribution in [-0.2, 0) is 6.54 Å². The fourth-order valence-electron chi connectivity index (χ4n) is 2.06. The molecular formula is C14H10Cl2N4O2S2. The van der Waals surface area contributed by atoms with E-state index in [4.69, 9.17) is 23.2 Å². The Morgan fingerprint density at radius 1 is 1.33 bits per heavy atom. The Balaban J connectivity index is 1.85. The Morgan fingerprint density at radius 2 is 2.12 bits per heavy atom. The van der Waals surface area contributed by atoms with Crippen LogP contribution >= 0.6 is 46.3 Å². The van der Waals surface area contributed by atoms with Crippen molar-refractivity contribution < 1.29 is 4.92 Å². The third-order valence-corrected chi connectivity index (χ3v) is 5.85. The molecule has 0 atom stereocenters. The maximum Gasteiger partial charge on any atom is 0.312 e. The van der Waals surface area contributed by atoms with E-state index in [0.29, 0.717) is 6.54 Å². The summed E-state index contributed by atoms with van der Waals surface area (Å²) >= 11 is 14.9. The molecular weight excluding hydrogens is 391 g/mol. The molecule has 0 unspecified atom stereocenters. The van der Waals surface area contributed by atoms with Gasteiger partial charge >= 0.3 is 5.69 Å². The fraction of sp³-hybridized carbons (Fsp3) is 0.143. The first-order chi connectivity index (χ1) is 11.5. The number of halogens is 2. The number of fused-ring (bicyclic) bond motifs is 1. The fourth-order valence-corrected chi connectivity index (χ4v) is 3.89. The molecule has 3 aromatic rings. The van der Waals surface area contributed by atoms with Crippen LogP contribution in [0.5, 0.6) is 0 Å². The number of hydrogen-bond acceptors (Lipinski definition) is 7. The molecule has 10 heteroatoms. The van der Waals surface area contributed by atoms with E-state index in [9.17, 15) is 10.1 Å². The Kier molecular flexibility index (Phi) is 5.09. The normalized spacial score (nSPS) is 11.0. The number of nitrogens with zero attached hydrogens (tertiary/aromatic N) is 3. The zero-order chi connectivity index (χ0) is 17.3. The quantitative estimate of drug-likeness (QED) is 0.273. The molecule has 0 spiro atoms. The van der Waals surface area contributed by atoms with E-state index < -0.39 is 4.92 Å². The van der Waals surface area contributed by atoms with Gasteiger partial charge in [-0.3, -0.25) is 10.1 Å². The van der Waals surface area contributed by atoms with E-state index in [-0.39, 0.29) is 21.7 Å². The highest BCUT2D eigenvalue weighted by Gasteiger charge is 2.18. The number of nitrogens with one attached hydrogen (secondary N) is 1. The number of thioether (sulfide) groups is 1. The van der Waals surface area contributed by atoms with Crippen LogP contribution in [0.4, 0.5) is 11.5 Å². The second-order valence-electron chi connectivity index (χ2n) is 4.73. The summed E-state index contributed by atoms with van der Waals surface area (Å²) in [6, 6.07) is 7.04. The van der Waals surface area contributed by atoms with Gasteiger partial charge in [-0.2, -0.15) is 0 Å². The van der Waals surface area contributed by atoms with Gasteiger partial charge < -0.3 is 5.32 Å². The van der Waals surface area contributed by atoms with Crippen molar-refractivity contribution in [1.82, 2.24) is 9.97 Å². The van der Waals surface area contributed by atoms with E-state index in [1.54, 1.807) is 23.1 Å². The van der Waals surface area contributed by atoms with Crippen LogP contribution in [0.15, 0.2) is 28.6 Å². The predicted octanol–water partition coefficient (Wildman–Crippen LogP) is 5.24. The number of pyridine rings is 1. The third-order valence-electron chi connectivity index (χ3n) is 3.18. The molecule has 0 aliphatic carbocycles. The summed E-state index contributed by atoms with van der Waals surface area (Å²) in [4.78, 5) is 19.0. The van der Waals surface area contributed by atoms with Crippen molar-refractivity contribution in [2.45, 2.75) is 10.9 Å². The molecule has 3 rings (SSSR count). The molecule has 0 aliphatic rings. The Labute approximate surface area is 155 Å². The number of nitro groups is 1. The van der Waals surface area contributed by atoms with Crippen molar-refractivity contribution in [2.24, 2.45) is 0 Å². The van der Waals surface area contributed by atoms with Crippen LogP contribution in [0.1, 0.15) is 5.56 Å². The van der Waals surface area contributed by atoms with Gasteiger partial charge in [0.25, 0.3) is 0 Å². The van der Waals surface area contributed by atoms with Crippen molar-refractivity contribution in [3.8, 4) is 0 Å². The minimum Gasteiger partial charge on any atom is -0.360 e. The lowest BCUT2D eigenvalue weighted by atomic mass is 10.2. The van der Waals surface area contributed by atoms with Crippen LogP contribution in [0, 0.1) is 10.1 Å². The molecule has 24 heavy (non-hydrogen) atoms. The van der Waals surface area contributed by atoms with Crippen LogP contribution in [0.2, 0.25) is 10.2 Å². The molecule has 0 aliphatic heterocycles. The summed E-state index contributed by atoms with van der Waals surface area (Å²) in [6.45, 7) is 0.369. The van der Waals surface area contributed by atoms with Crippen LogP contribution < -0.4 is 5.32 Å². The minimum absolute atomic E-state index is 0.0206. The Morgan fingerprint density at radius 3 is 2.83 bits per heavy atom. The molecule has 2 heterocycles. The molecule has 2 aromatic heterocycles. The smallest absolute Gasteiger partial charge is 0.312 e. The first-order valence-corrected chi connectivity index (χ1v) is 9.45. The lowest BCUT2D eigenvalue weighted by Gasteiger charge is -2.07. The van der Waals surface area contributed by atoms with Gasteiger partial charge in [0.05, 0.1) is 20.2 Å². The molecule has 1 aromatic carbocycles. The largest absolute Gasteiger partial charge is 0.360 e. The average molecular weight is 401 g/mol. The van der Waals surface area contributed by atoms with Gasteiger partial charge in [0.2, 0.25) is 5.82 Å². The van der Waals surface area contributed by atoms with Gasteiger partial charge in [0, 0.05) is 12.6 Å². The molecule has 124 valence electrons. The maximum atomic E-state index is 11.1. The van der Waals surface area contributed by atoms with E-state index >= 15 is 0 Å². The highest BCUT2D eigenvalue weighted by molar-refractivity contribution is 8.00. The summed E-state index contributed by atoms with van der Waals surface area (Å²) < 4.78 is 2.06. The number of thiazole rings is 1. The summed E-state index contributed by atoms with van der Waals surface area (Å²) in [7, 11) is 0. The highest BCUT2D eigenvalue weighted by Crippen LogP contribution is 2.32. The van der Waals surface area contributed by atoms with Crippen molar-refractivity contribution in [3.63, 3.8) is 0 Å². The highest BCUT2D eigenvalue weighted by atomic mass is 35.5. The standard InChI is InChI=1S/C14H10Cl2N4O2S2/c1-23-14-18-9-3-2-7(4-11(9)24-14)6-17-13-10(20(21)22)5-8(15)12(16)19-13/h2-5H,6H2,1H3,(H,17,19). The monoisotopic (exact) mass is 400 g/mol. The summed E-state index contributed by atoms with van der Waals surface area (Å²) in [5.74, 6) is 0.0867. The summed E-state index contributed by atoms with van der Waals surface area (Å²) in [5.41, 5.74) is 1.68. The van der Waals surface area contributed by atoms with Gasteiger partial charge in [0.1, 0.15) is 0 Å².